The molecule has 5 nitrogen and oxygen atoms in total. The third kappa shape index (κ3) is 2.60. The quantitative estimate of drug-likeness (QED) is 0.731. The second-order valence-corrected chi connectivity index (χ2v) is 4.82. The van der Waals surface area contributed by atoms with Gasteiger partial charge in [-0.1, -0.05) is 0 Å². The summed E-state index contributed by atoms with van der Waals surface area (Å²) in [4.78, 5) is 16.6. The molecule has 0 radical (unpaired) electrons. The lowest BCUT2D eigenvalue weighted by Crippen LogP contribution is -2.14. The van der Waals surface area contributed by atoms with Gasteiger partial charge >= 0.3 is 0 Å². The Morgan fingerprint density at radius 2 is 2.28 bits per heavy atom. The summed E-state index contributed by atoms with van der Waals surface area (Å²) < 4.78 is 0. The van der Waals surface area contributed by atoms with Gasteiger partial charge in [0.05, 0.1) is 23.3 Å². The molecule has 0 atom stereocenters. The highest BCUT2D eigenvalue weighted by molar-refractivity contribution is 7.09. The molecular formula is C12H14N4OS. The van der Waals surface area contributed by atoms with Crippen LogP contribution in [0.2, 0.25) is 0 Å². The maximum Gasteiger partial charge on any atom is 0.250 e. The summed E-state index contributed by atoms with van der Waals surface area (Å²) in [6.45, 7) is 2.54. The smallest absolute Gasteiger partial charge is 0.250 e. The van der Waals surface area contributed by atoms with E-state index in [0.29, 0.717) is 23.5 Å². The average molecular weight is 262 g/mol. The van der Waals surface area contributed by atoms with Crippen molar-refractivity contribution in [1.82, 2.24) is 4.98 Å². The van der Waals surface area contributed by atoms with Crippen LogP contribution in [0.25, 0.3) is 0 Å². The number of nitrogen functional groups attached to an aromatic ring is 1. The van der Waals surface area contributed by atoms with Gasteiger partial charge in [0.2, 0.25) is 0 Å². The molecule has 0 aliphatic rings. The summed E-state index contributed by atoms with van der Waals surface area (Å²) in [7, 11) is 0. The Bertz CT molecular complexity index is 579. The molecular weight excluding hydrogens is 248 g/mol. The van der Waals surface area contributed by atoms with Gasteiger partial charge in [0.1, 0.15) is 0 Å². The van der Waals surface area contributed by atoms with E-state index in [0.717, 1.165) is 10.6 Å². The number of aromatic nitrogens is 1. The zero-order valence-corrected chi connectivity index (χ0v) is 10.8. The number of carbonyl (C=O) groups is 1. The van der Waals surface area contributed by atoms with E-state index in [4.69, 9.17) is 11.5 Å². The minimum Gasteiger partial charge on any atom is -0.399 e. The van der Waals surface area contributed by atoms with Gasteiger partial charge < -0.3 is 16.8 Å². The maximum atomic E-state index is 11.3. The Balaban J connectivity index is 2.20. The summed E-state index contributed by atoms with van der Waals surface area (Å²) in [5.74, 6) is -0.474. The highest BCUT2D eigenvalue weighted by Gasteiger charge is 2.09. The number of hydrogen-bond donors (Lipinski definition) is 3. The average Bonchev–Trinajstić information content (AvgIpc) is 2.72. The third-order valence-corrected chi connectivity index (χ3v) is 3.53. The van der Waals surface area contributed by atoms with Crippen molar-refractivity contribution in [2.24, 2.45) is 5.73 Å². The molecule has 0 bridgehead atoms. The Morgan fingerprint density at radius 3 is 2.89 bits per heavy atom. The molecule has 0 aliphatic heterocycles. The Hall–Kier alpha value is -2.08. The van der Waals surface area contributed by atoms with Gasteiger partial charge in [-0.2, -0.15) is 0 Å². The number of nitrogens with one attached hydrogen (secondary N) is 1. The summed E-state index contributed by atoms with van der Waals surface area (Å²) in [6, 6.07) is 4.99. The molecule has 0 unspecified atom stereocenters. The monoisotopic (exact) mass is 262 g/mol. The lowest BCUT2D eigenvalue weighted by molar-refractivity contribution is 0.100. The molecule has 2 rings (SSSR count). The fraction of sp³-hybridized carbons (Fsp3) is 0.167. The van der Waals surface area contributed by atoms with Gasteiger partial charge in [-0.25, -0.2) is 4.98 Å². The van der Waals surface area contributed by atoms with E-state index in [2.05, 4.69) is 10.3 Å². The van der Waals surface area contributed by atoms with Crippen molar-refractivity contribution in [1.29, 1.82) is 0 Å². The first-order valence-corrected chi connectivity index (χ1v) is 6.28. The number of aryl methyl sites for hydroxylation is 1. The normalized spacial score (nSPS) is 10.3. The lowest BCUT2D eigenvalue weighted by atomic mass is 10.1. The van der Waals surface area contributed by atoms with Crippen molar-refractivity contribution in [2.75, 3.05) is 11.1 Å². The van der Waals surface area contributed by atoms with Crippen LogP contribution in [0.3, 0.4) is 0 Å². The van der Waals surface area contributed by atoms with Crippen LogP contribution in [-0.2, 0) is 6.54 Å². The van der Waals surface area contributed by atoms with E-state index in [1.54, 1.807) is 35.0 Å². The Kier molecular flexibility index (Phi) is 3.47. The van der Waals surface area contributed by atoms with Crippen molar-refractivity contribution < 1.29 is 4.79 Å². The van der Waals surface area contributed by atoms with E-state index < -0.39 is 5.91 Å². The van der Waals surface area contributed by atoms with Crippen LogP contribution in [0.1, 0.15) is 20.9 Å². The van der Waals surface area contributed by atoms with Crippen molar-refractivity contribution in [3.05, 3.63) is 39.8 Å². The van der Waals surface area contributed by atoms with Crippen LogP contribution in [0, 0.1) is 6.92 Å². The molecule has 94 valence electrons. The second kappa shape index (κ2) is 5.05. The standard InChI is InChI=1S/C12H14N4OS/c1-7-11(18-6-16-7)5-15-10-4-8(13)2-3-9(10)12(14)17/h2-4,6,15H,5,13H2,1H3,(H2,14,17). The van der Waals surface area contributed by atoms with E-state index in [1.165, 1.54) is 0 Å². The van der Waals surface area contributed by atoms with Gasteiger partial charge in [-0.05, 0) is 25.1 Å². The maximum absolute atomic E-state index is 11.3. The molecule has 1 amide bonds. The number of anilines is 2. The van der Waals surface area contributed by atoms with Crippen molar-refractivity contribution in [3.63, 3.8) is 0 Å². The zero-order valence-electron chi connectivity index (χ0n) is 9.93. The number of nitrogens with two attached hydrogens (primary N) is 2. The number of hydrogen-bond acceptors (Lipinski definition) is 5. The third-order valence-electron chi connectivity index (χ3n) is 2.59. The lowest BCUT2D eigenvalue weighted by Gasteiger charge is -2.10. The number of benzene rings is 1. The van der Waals surface area contributed by atoms with Gasteiger partial charge in [0, 0.05) is 16.3 Å². The first kappa shape index (κ1) is 12.4. The minimum absolute atomic E-state index is 0.436. The first-order chi connectivity index (χ1) is 8.58. The predicted molar refractivity (Wildman–Crippen MR) is 73.6 cm³/mol. The molecule has 2 aromatic rings. The number of nitrogens with zero attached hydrogens (tertiary/aromatic N) is 1. The predicted octanol–water partition coefficient (Wildman–Crippen LogP) is 1.74. The number of thiazole rings is 1. The molecule has 5 N–H and O–H groups in total. The molecule has 1 heterocycles. The van der Waals surface area contributed by atoms with E-state index in [9.17, 15) is 4.79 Å². The van der Waals surface area contributed by atoms with Crippen LogP contribution < -0.4 is 16.8 Å². The number of rotatable bonds is 4. The molecule has 1 aromatic heterocycles. The summed E-state index contributed by atoms with van der Waals surface area (Å²) in [6.07, 6.45) is 0. The highest BCUT2D eigenvalue weighted by atomic mass is 32.1. The van der Waals surface area contributed by atoms with Crippen LogP contribution in [0.5, 0.6) is 0 Å². The molecule has 0 saturated carbocycles. The van der Waals surface area contributed by atoms with Crippen molar-refractivity contribution in [2.45, 2.75) is 13.5 Å². The van der Waals surface area contributed by atoms with E-state index in [1.807, 2.05) is 6.92 Å². The number of carbonyl (C=O) groups excluding carboxylic acids is 1. The Labute approximate surface area is 109 Å². The molecule has 0 spiro atoms. The molecule has 18 heavy (non-hydrogen) atoms. The van der Waals surface area contributed by atoms with Crippen LogP contribution in [0.15, 0.2) is 23.7 Å². The SMILES string of the molecule is Cc1ncsc1CNc1cc(N)ccc1C(N)=O. The van der Waals surface area contributed by atoms with Gasteiger partial charge in [-0.15, -0.1) is 11.3 Å². The summed E-state index contributed by atoms with van der Waals surface area (Å²) in [5.41, 5.74) is 15.5. The minimum atomic E-state index is -0.474. The first-order valence-electron chi connectivity index (χ1n) is 5.40. The van der Waals surface area contributed by atoms with Crippen molar-refractivity contribution in [3.8, 4) is 0 Å². The molecule has 6 heteroatoms. The highest BCUT2D eigenvalue weighted by Crippen LogP contribution is 2.21. The zero-order chi connectivity index (χ0) is 13.1. The fourth-order valence-electron chi connectivity index (χ4n) is 1.59. The van der Waals surface area contributed by atoms with Gasteiger partial charge in [0.25, 0.3) is 5.91 Å². The van der Waals surface area contributed by atoms with E-state index >= 15 is 0 Å². The fourth-order valence-corrected chi connectivity index (χ4v) is 2.31. The van der Waals surface area contributed by atoms with Gasteiger partial charge in [-0.3, -0.25) is 4.79 Å². The molecule has 0 fully saturated rings. The second-order valence-electron chi connectivity index (χ2n) is 3.88. The largest absolute Gasteiger partial charge is 0.399 e. The van der Waals surface area contributed by atoms with Crippen LogP contribution in [0.4, 0.5) is 11.4 Å². The Morgan fingerprint density at radius 1 is 1.50 bits per heavy atom. The molecule has 0 aliphatic carbocycles. The summed E-state index contributed by atoms with van der Waals surface area (Å²) in [5, 5.41) is 3.17. The number of amides is 1. The van der Waals surface area contributed by atoms with Crippen LogP contribution >= 0.6 is 11.3 Å². The number of primary amides is 1. The van der Waals surface area contributed by atoms with Crippen molar-refractivity contribution >= 4 is 28.6 Å². The topological polar surface area (TPSA) is 94.0 Å². The van der Waals surface area contributed by atoms with Gasteiger partial charge in [0.15, 0.2) is 0 Å². The summed E-state index contributed by atoms with van der Waals surface area (Å²) >= 11 is 1.57. The van der Waals surface area contributed by atoms with Crippen LogP contribution in [-0.4, -0.2) is 10.9 Å². The van der Waals surface area contributed by atoms with E-state index in [-0.39, 0.29) is 0 Å². The molecule has 1 aromatic carbocycles. The molecule has 0 saturated heterocycles.